The summed E-state index contributed by atoms with van der Waals surface area (Å²) in [6.45, 7) is 4.51. The second-order valence-electron chi connectivity index (χ2n) is 20.8. The smallest absolute Gasteiger partial charge is 0.248 e. The summed E-state index contributed by atoms with van der Waals surface area (Å²) in [5.41, 5.74) is 11.5. The van der Waals surface area contributed by atoms with Crippen LogP contribution in [0.4, 0.5) is 0 Å². The fourth-order valence-corrected chi connectivity index (χ4v) is 10.1. The molecule has 1 aromatic rings. The molecule has 18 N–H and O–H groups in total. The molecule has 15 unspecified atom stereocenters. The fraction of sp³-hybridized carbons (Fsp3) is 0.745. The number of phenolic OH excluding ortho intramolecular Hbond substituents is 1. The van der Waals surface area contributed by atoms with Crippen molar-refractivity contribution in [3.05, 3.63) is 29.8 Å². The van der Waals surface area contributed by atoms with Gasteiger partial charge in [0.1, 0.15) is 60.4 Å². The largest absolute Gasteiger partial charge is 0.508 e. The zero-order chi connectivity index (χ0) is 56.2. The zero-order valence-corrected chi connectivity index (χ0v) is 44.1. The molecule has 0 aliphatic carbocycles. The van der Waals surface area contributed by atoms with E-state index in [2.05, 4.69) is 52.7 Å². The number of benzene rings is 1. The second-order valence-corrected chi connectivity index (χ2v) is 20.8. The number of unbranched alkanes of at least 4 members (excludes halogenated alkanes) is 5. The van der Waals surface area contributed by atoms with Gasteiger partial charge >= 0.3 is 0 Å². The topological polar surface area (TPSA) is 412 Å². The van der Waals surface area contributed by atoms with Crippen molar-refractivity contribution in [3.8, 4) is 5.75 Å². The number of amides is 7. The molecule has 25 heteroatoms. The van der Waals surface area contributed by atoms with E-state index < -0.39 is 146 Å². The van der Waals surface area contributed by atoms with E-state index in [1.165, 1.54) is 30.7 Å². The summed E-state index contributed by atoms with van der Waals surface area (Å²) in [4.78, 5) is 101. The first-order valence-electron chi connectivity index (χ1n) is 26.9. The van der Waals surface area contributed by atoms with Crippen molar-refractivity contribution in [3.63, 3.8) is 0 Å². The Bertz CT molecular complexity index is 2040. The lowest BCUT2D eigenvalue weighted by atomic mass is 9.91. The Hall–Kier alpha value is -5.09. The van der Waals surface area contributed by atoms with Crippen LogP contribution in [0.25, 0.3) is 0 Å². The van der Waals surface area contributed by atoms with E-state index in [1.54, 1.807) is 0 Å². The van der Waals surface area contributed by atoms with Crippen molar-refractivity contribution in [2.24, 2.45) is 23.3 Å². The molecule has 3 aliphatic rings. The Morgan fingerprint density at radius 2 is 1.41 bits per heavy atom. The van der Waals surface area contributed by atoms with E-state index in [9.17, 15) is 74.4 Å². The summed E-state index contributed by atoms with van der Waals surface area (Å²) in [5.74, 6) is -6.42. The molecule has 4 rings (SSSR count). The lowest BCUT2D eigenvalue weighted by molar-refractivity contribution is -0.148. The van der Waals surface area contributed by atoms with Crippen LogP contribution in [0.2, 0.25) is 0 Å². The molecule has 3 saturated heterocycles. The van der Waals surface area contributed by atoms with Gasteiger partial charge in [-0.3, -0.25) is 38.9 Å². The predicted octanol–water partition coefficient (Wildman–Crippen LogP) is -3.70. The van der Waals surface area contributed by atoms with Crippen LogP contribution >= 0.6 is 0 Å². The molecule has 0 bridgehead atoms. The Morgan fingerprint density at radius 3 is 2.05 bits per heavy atom. The normalized spacial score (nSPS) is 28.4. The van der Waals surface area contributed by atoms with Gasteiger partial charge in [0.2, 0.25) is 41.4 Å². The number of hydrogen-bond donors (Lipinski definition) is 16. The van der Waals surface area contributed by atoms with Crippen LogP contribution in [0.15, 0.2) is 24.3 Å². The van der Waals surface area contributed by atoms with Gasteiger partial charge in [-0.1, -0.05) is 77.8 Å². The Balaban J connectivity index is 1.71. The molecule has 3 fully saturated rings. The van der Waals surface area contributed by atoms with E-state index >= 15 is 0 Å². The van der Waals surface area contributed by atoms with Crippen LogP contribution in [0.5, 0.6) is 5.75 Å². The number of carbonyl (C=O) groups is 7. The number of carbonyl (C=O) groups excluding carboxylic acids is 7. The number of nitrogens with zero attached hydrogens (tertiary/aromatic N) is 2. The molecule has 0 saturated carbocycles. The number of hydrogen-bond acceptors (Lipinski definition) is 18. The monoisotopic (exact) mass is 1080 g/mol. The first-order valence-corrected chi connectivity index (χ1v) is 26.9. The van der Waals surface area contributed by atoms with Crippen LogP contribution in [-0.4, -0.2) is 204 Å². The summed E-state index contributed by atoms with van der Waals surface area (Å²) in [7, 11) is 0. The standard InChI is InChI=1S/C51H86N10O15/c1-4-28(2)23-29(3)11-9-7-5-6-8-10-12-39(68)55-33-25-38(67)45(54-21-20-53)59-49(74)42-37(66)18-22-60(42)51(76)40(36(65)17-19-52)57-48(73)41(44(70)43(69)30-13-15-31(63)16-14-30)58-47(72)35-24-32(64)26-61(35)50(75)34(27-62)56-46(33)71/h13-16,28-29,32-38,40-45,54,62-67,69-70H,4-12,17-27,52-53H2,1-3H3,(H,55,68)(H,56,71)(H,57,73)(H,58,72)(H,59,74). The third-order valence-corrected chi connectivity index (χ3v) is 14.6. The molecule has 0 radical (unpaired) electrons. The van der Waals surface area contributed by atoms with Gasteiger partial charge in [-0.15, -0.1) is 0 Å². The molecule has 15 atom stereocenters. The van der Waals surface area contributed by atoms with Gasteiger partial charge in [0.15, 0.2) is 0 Å². The van der Waals surface area contributed by atoms with Gasteiger partial charge in [0.25, 0.3) is 0 Å². The molecule has 0 spiro atoms. The number of rotatable bonds is 23. The van der Waals surface area contributed by atoms with Crippen molar-refractivity contribution in [2.45, 2.75) is 190 Å². The maximum atomic E-state index is 14.6. The minimum atomic E-state index is -2.27. The van der Waals surface area contributed by atoms with Gasteiger partial charge in [-0.2, -0.15) is 0 Å². The van der Waals surface area contributed by atoms with Gasteiger partial charge in [-0.05, 0) is 61.8 Å². The molecule has 3 aliphatic heterocycles. The Morgan fingerprint density at radius 1 is 0.750 bits per heavy atom. The molecule has 25 nitrogen and oxygen atoms in total. The quantitative estimate of drug-likeness (QED) is 0.0469. The first-order chi connectivity index (χ1) is 36.1. The number of fused-ring (bicyclic) bond motifs is 2. The van der Waals surface area contributed by atoms with E-state index in [4.69, 9.17) is 11.5 Å². The number of nitrogens with one attached hydrogen (secondary N) is 6. The summed E-state index contributed by atoms with van der Waals surface area (Å²) in [6, 6.07) is -6.33. The summed E-state index contributed by atoms with van der Waals surface area (Å²) in [6.07, 6.45) is -5.18. The molecule has 430 valence electrons. The zero-order valence-electron chi connectivity index (χ0n) is 44.1. The minimum absolute atomic E-state index is 0.0222. The van der Waals surface area contributed by atoms with Gasteiger partial charge in [0, 0.05) is 45.4 Å². The van der Waals surface area contributed by atoms with Crippen LogP contribution in [0, 0.1) is 11.8 Å². The number of aliphatic hydroxyl groups is 7. The third-order valence-electron chi connectivity index (χ3n) is 14.6. The second kappa shape index (κ2) is 31.3. The maximum Gasteiger partial charge on any atom is 0.248 e. The van der Waals surface area contributed by atoms with Crippen molar-refractivity contribution in [2.75, 3.05) is 39.3 Å². The molecule has 1 aromatic carbocycles. The Labute approximate surface area is 444 Å². The van der Waals surface area contributed by atoms with Crippen LogP contribution in [0.3, 0.4) is 0 Å². The lowest BCUT2D eigenvalue weighted by Crippen LogP contribution is -2.65. The minimum Gasteiger partial charge on any atom is -0.508 e. The molecule has 3 heterocycles. The van der Waals surface area contributed by atoms with Crippen molar-refractivity contribution >= 4 is 41.4 Å². The van der Waals surface area contributed by atoms with E-state index in [0.29, 0.717) is 24.7 Å². The van der Waals surface area contributed by atoms with E-state index in [-0.39, 0.29) is 56.8 Å². The number of aliphatic hydroxyl groups excluding tert-OH is 7. The molecule has 0 aromatic heterocycles. The van der Waals surface area contributed by atoms with Gasteiger partial charge in [-0.25, -0.2) is 0 Å². The van der Waals surface area contributed by atoms with Crippen molar-refractivity contribution in [1.29, 1.82) is 0 Å². The summed E-state index contributed by atoms with van der Waals surface area (Å²) < 4.78 is 0. The van der Waals surface area contributed by atoms with Crippen LogP contribution in [-0.2, 0) is 33.6 Å². The van der Waals surface area contributed by atoms with Gasteiger partial charge < -0.3 is 88.7 Å². The molecular formula is C51H86N10O15. The van der Waals surface area contributed by atoms with Crippen LogP contribution < -0.4 is 43.4 Å². The number of aromatic hydroxyl groups is 1. The Kier molecular flexibility index (Phi) is 26.2. The van der Waals surface area contributed by atoms with Crippen molar-refractivity contribution in [1.82, 2.24) is 41.7 Å². The molecule has 7 amide bonds. The average Bonchev–Trinajstić information content (AvgIpc) is 3.99. The summed E-state index contributed by atoms with van der Waals surface area (Å²) in [5, 5.41) is 104. The maximum absolute atomic E-state index is 14.6. The molecule has 76 heavy (non-hydrogen) atoms. The fourth-order valence-electron chi connectivity index (χ4n) is 10.1. The highest BCUT2D eigenvalue weighted by atomic mass is 16.3. The lowest BCUT2D eigenvalue weighted by Gasteiger charge is -2.35. The summed E-state index contributed by atoms with van der Waals surface area (Å²) >= 11 is 0. The van der Waals surface area contributed by atoms with E-state index in [0.717, 1.165) is 48.3 Å². The third kappa shape index (κ3) is 18.3. The van der Waals surface area contributed by atoms with Crippen LogP contribution in [0.1, 0.15) is 122 Å². The van der Waals surface area contributed by atoms with E-state index in [1.807, 2.05) is 0 Å². The molecular weight excluding hydrogens is 993 g/mol. The van der Waals surface area contributed by atoms with Gasteiger partial charge in [0.05, 0.1) is 31.0 Å². The number of phenols is 1. The highest BCUT2D eigenvalue weighted by Gasteiger charge is 2.48. The highest BCUT2D eigenvalue weighted by Crippen LogP contribution is 2.26. The predicted molar refractivity (Wildman–Crippen MR) is 276 cm³/mol. The van der Waals surface area contributed by atoms with Crippen molar-refractivity contribution < 1.29 is 74.4 Å². The average molecular weight is 1080 g/mol. The number of nitrogens with two attached hydrogens (primary N) is 2. The SMILES string of the molecule is CCC(C)CC(C)CCCCCCCCC(=O)NC1CC(O)C(NCCN)NC(=O)C2C(O)CCN2C(=O)C(C(O)CCN)NC(=O)C(C(O)C(O)c2ccc(O)cc2)NC(=O)C2CC(O)CN2C(=O)C(CO)NC1=O. The first kappa shape index (κ1) is 63.4. The highest BCUT2D eigenvalue weighted by molar-refractivity contribution is 5.98.